The Kier molecular flexibility index (Phi) is 5.35. The smallest absolute Gasteiger partial charge is 0.416 e. The van der Waals surface area contributed by atoms with Crippen LogP contribution in [-0.2, 0) is 9.53 Å². The number of aliphatic hydroxyl groups is 1. The summed E-state index contributed by atoms with van der Waals surface area (Å²) in [6, 6.07) is -0.231. The fraction of sp³-hybridized carbons (Fsp3) is 0.857. The molecule has 0 aliphatic carbocycles. The Morgan fingerprint density at radius 2 is 2.00 bits per heavy atom. The third-order valence-electron chi connectivity index (χ3n) is 3.75. The van der Waals surface area contributed by atoms with Gasteiger partial charge < -0.3 is 9.84 Å². The normalized spacial score (nSPS) is 22.8. The zero-order valence-corrected chi connectivity index (χ0v) is 12.4. The van der Waals surface area contributed by atoms with E-state index in [1.165, 1.54) is 4.90 Å². The fourth-order valence-corrected chi connectivity index (χ4v) is 2.49. The summed E-state index contributed by atoms with van der Waals surface area (Å²) >= 11 is 0. The molecule has 0 aromatic heterocycles. The van der Waals surface area contributed by atoms with Crippen LogP contribution in [0.25, 0.3) is 0 Å². The van der Waals surface area contributed by atoms with Crippen LogP contribution in [0, 0.1) is 17.8 Å². The number of aliphatic hydroxyl groups excluding tert-OH is 1. The molecule has 1 fully saturated rings. The Balaban J connectivity index is 2.97. The first-order valence-corrected chi connectivity index (χ1v) is 6.99. The molecule has 1 saturated heterocycles. The van der Waals surface area contributed by atoms with Crippen LogP contribution in [0.4, 0.5) is 4.79 Å². The van der Waals surface area contributed by atoms with Gasteiger partial charge in [0.15, 0.2) is 0 Å². The monoisotopic (exact) mass is 271 g/mol. The summed E-state index contributed by atoms with van der Waals surface area (Å²) in [5.74, 6) is -0.756. The second-order valence-corrected chi connectivity index (χ2v) is 5.84. The molecule has 0 aromatic rings. The van der Waals surface area contributed by atoms with Crippen LogP contribution in [0.5, 0.6) is 0 Å². The van der Waals surface area contributed by atoms with Crippen molar-refractivity contribution in [3.63, 3.8) is 0 Å². The molecule has 0 saturated carbocycles. The molecule has 3 atom stereocenters. The molecule has 0 bridgehead atoms. The van der Waals surface area contributed by atoms with Crippen molar-refractivity contribution in [1.29, 1.82) is 0 Å². The van der Waals surface area contributed by atoms with Gasteiger partial charge in [-0.1, -0.05) is 34.6 Å². The topological polar surface area (TPSA) is 66.8 Å². The zero-order valence-electron chi connectivity index (χ0n) is 12.4. The summed E-state index contributed by atoms with van der Waals surface area (Å²) in [7, 11) is 0. The third-order valence-corrected chi connectivity index (χ3v) is 3.75. The van der Waals surface area contributed by atoms with Gasteiger partial charge in [0.05, 0.1) is 18.1 Å². The van der Waals surface area contributed by atoms with E-state index in [0.717, 1.165) is 0 Å². The van der Waals surface area contributed by atoms with Gasteiger partial charge in [0, 0.05) is 0 Å². The number of imide groups is 1. The Bertz CT molecular complexity index is 340. The Hall–Kier alpha value is -1.10. The van der Waals surface area contributed by atoms with Crippen molar-refractivity contribution in [2.45, 2.75) is 53.2 Å². The first kappa shape index (κ1) is 16.0. The van der Waals surface area contributed by atoms with Gasteiger partial charge in [-0.3, -0.25) is 4.79 Å². The van der Waals surface area contributed by atoms with Crippen molar-refractivity contribution >= 4 is 12.0 Å². The molecule has 1 heterocycles. The van der Waals surface area contributed by atoms with Gasteiger partial charge in [-0.25, -0.2) is 9.69 Å². The Morgan fingerprint density at radius 1 is 1.42 bits per heavy atom. The average molecular weight is 271 g/mol. The predicted molar refractivity (Wildman–Crippen MR) is 71.4 cm³/mol. The maximum absolute atomic E-state index is 12.6. The molecule has 1 N–H and O–H groups in total. The van der Waals surface area contributed by atoms with Gasteiger partial charge in [-0.05, 0) is 18.3 Å². The molecule has 0 aromatic carbocycles. The van der Waals surface area contributed by atoms with Crippen molar-refractivity contribution in [3.05, 3.63) is 0 Å². The largest absolute Gasteiger partial charge is 0.447 e. The second-order valence-electron chi connectivity index (χ2n) is 5.84. The summed E-state index contributed by atoms with van der Waals surface area (Å²) < 4.78 is 4.99. The van der Waals surface area contributed by atoms with Gasteiger partial charge in [0.2, 0.25) is 5.91 Å². The summed E-state index contributed by atoms with van der Waals surface area (Å²) in [6.45, 7) is 9.74. The molecule has 5 nitrogen and oxygen atoms in total. The number of carbonyl (C=O) groups is 2. The third kappa shape index (κ3) is 3.26. The maximum Gasteiger partial charge on any atom is 0.416 e. The quantitative estimate of drug-likeness (QED) is 0.831. The lowest BCUT2D eigenvalue weighted by atomic mass is 9.87. The highest BCUT2D eigenvalue weighted by Gasteiger charge is 2.44. The van der Waals surface area contributed by atoms with Crippen LogP contribution < -0.4 is 0 Å². The van der Waals surface area contributed by atoms with Gasteiger partial charge in [0.1, 0.15) is 6.61 Å². The highest BCUT2D eigenvalue weighted by Crippen LogP contribution is 2.27. The molecule has 2 amide bonds. The standard InChI is InChI=1S/C14H25NO4/c1-6-11(16)12(9(4)5)13(17)15-10(8(2)3)7-19-14(15)18/h8-12,16H,6-7H2,1-5H3/t10?,11-,12-/m1/s1. The van der Waals surface area contributed by atoms with Gasteiger partial charge in [0.25, 0.3) is 0 Å². The van der Waals surface area contributed by atoms with Crippen molar-refractivity contribution in [1.82, 2.24) is 4.90 Å². The minimum absolute atomic E-state index is 0.0244. The minimum Gasteiger partial charge on any atom is -0.447 e. The lowest BCUT2D eigenvalue weighted by Gasteiger charge is -2.30. The first-order valence-electron chi connectivity index (χ1n) is 6.99. The SMILES string of the molecule is CC[C@@H](O)[C@H](C(=O)N1C(=O)OCC1C(C)C)C(C)C. The van der Waals surface area contributed by atoms with Crippen LogP contribution >= 0.6 is 0 Å². The van der Waals surface area contributed by atoms with Crippen molar-refractivity contribution in [2.24, 2.45) is 17.8 Å². The highest BCUT2D eigenvalue weighted by molar-refractivity contribution is 5.95. The summed E-state index contributed by atoms with van der Waals surface area (Å²) in [4.78, 5) is 25.6. The van der Waals surface area contributed by atoms with E-state index < -0.39 is 18.1 Å². The summed E-state index contributed by atoms with van der Waals surface area (Å²) in [6.07, 6.45) is -0.824. The number of rotatable bonds is 5. The molecule has 110 valence electrons. The van der Waals surface area contributed by atoms with Crippen molar-refractivity contribution < 1.29 is 19.4 Å². The Labute approximate surface area is 114 Å². The summed E-state index contributed by atoms with van der Waals surface area (Å²) in [5, 5.41) is 10.0. The van der Waals surface area contributed by atoms with Crippen LogP contribution in [0.3, 0.4) is 0 Å². The van der Waals surface area contributed by atoms with Crippen LogP contribution in [0.1, 0.15) is 41.0 Å². The van der Waals surface area contributed by atoms with E-state index in [4.69, 9.17) is 4.74 Å². The number of ether oxygens (including phenoxy) is 1. The molecule has 0 radical (unpaired) electrons. The molecule has 1 rings (SSSR count). The van der Waals surface area contributed by atoms with Crippen LogP contribution in [-0.4, -0.2) is 40.8 Å². The number of amides is 2. The molecule has 19 heavy (non-hydrogen) atoms. The molecular weight excluding hydrogens is 246 g/mol. The zero-order chi connectivity index (χ0) is 14.7. The number of cyclic esters (lactones) is 1. The number of nitrogens with zero attached hydrogens (tertiary/aromatic N) is 1. The molecule has 5 heteroatoms. The van der Waals surface area contributed by atoms with Gasteiger partial charge in [-0.2, -0.15) is 0 Å². The molecule has 1 aliphatic rings. The lowest BCUT2D eigenvalue weighted by Crippen LogP contribution is -2.48. The molecule has 0 spiro atoms. The van der Waals surface area contributed by atoms with Crippen molar-refractivity contribution in [2.75, 3.05) is 6.61 Å². The van der Waals surface area contributed by atoms with E-state index in [1.54, 1.807) is 0 Å². The second kappa shape index (κ2) is 6.37. The summed E-state index contributed by atoms with van der Waals surface area (Å²) in [5.41, 5.74) is 0. The van der Waals surface area contributed by atoms with E-state index in [0.29, 0.717) is 6.42 Å². The van der Waals surface area contributed by atoms with Gasteiger partial charge in [-0.15, -0.1) is 0 Å². The minimum atomic E-state index is -0.728. The van der Waals surface area contributed by atoms with Crippen molar-refractivity contribution in [3.8, 4) is 0 Å². The number of hydrogen-bond acceptors (Lipinski definition) is 4. The highest BCUT2D eigenvalue weighted by atomic mass is 16.6. The van der Waals surface area contributed by atoms with Gasteiger partial charge >= 0.3 is 6.09 Å². The molecular formula is C14H25NO4. The van der Waals surface area contributed by atoms with E-state index in [2.05, 4.69) is 0 Å². The number of carbonyl (C=O) groups excluding carboxylic acids is 2. The van der Waals surface area contributed by atoms with Crippen LogP contribution in [0.15, 0.2) is 0 Å². The fourth-order valence-electron chi connectivity index (χ4n) is 2.49. The van der Waals surface area contributed by atoms with E-state index >= 15 is 0 Å². The molecule has 1 aliphatic heterocycles. The lowest BCUT2D eigenvalue weighted by molar-refractivity contribution is -0.140. The number of hydrogen-bond donors (Lipinski definition) is 1. The van der Waals surface area contributed by atoms with Crippen LogP contribution in [0.2, 0.25) is 0 Å². The van der Waals surface area contributed by atoms with E-state index in [9.17, 15) is 14.7 Å². The van der Waals surface area contributed by atoms with E-state index in [-0.39, 0.29) is 30.4 Å². The Morgan fingerprint density at radius 3 is 2.42 bits per heavy atom. The maximum atomic E-state index is 12.6. The average Bonchev–Trinajstić information content (AvgIpc) is 2.70. The molecule has 1 unspecified atom stereocenters. The first-order chi connectivity index (χ1) is 8.81. The van der Waals surface area contributed by atoms with E-state index in [1.807, 2.05) is 34.6 Å². The predicted octanol–water partition coefficient (Wildman–Crippen LogP) is 2.03.